The van der Waals surface area contributed by atoms with Crippen LogP contribution in [0.15, 0.2) is 47.5 Å². The van der Waals surface area contributed by atoms with E-state index in [4.69, 9.17) is 10.00 Å². The Morgan fingerprint density at radius 2 is 2.00 bits per heavy atom. The zero-order valence-electron chi connectivity index (χ0n) is 12.9. The minimum atomic E-state index is -3.30. The third kappa shape index (κ3) is 4.54. The van der Waals surface area contributed by atoms with E-state index in [1.807, 2.05) is 6.07 Å². The monoisotopic (exact) mass is 345 g/mol. The molecular weight excluding hydrogens is 330 g/mol. The number of hydrogen-bond acceptors (Lipinski definition) is 7. The van der Waals surface area contributed by atoms with Gasteiger partial charge in [0, 0.05) is 12.5 Å². The van der Waals surface area contributed by atoms with Gasteiger partial charge < -0.3 is 10.1 Å². The summed E-state index contributed by atoms with van der Waals surface area (Å²) in [7, 11) is -3.30. The molecule has 24 heavy (non-hydrogen) atoms. The van der Waals surface area contributed by atoms with E-state index in [2.05, 4.69) is 10.3 Å². The second-order valence-corrected chi connectivity index (χ2v) is 6.89. The fourth-order valence-corrected chi connectivity index (χ4v) is 2.50. The van der Waals surface area contributed by atoms with Crippen LogP contribution in [0.4, 0.5) is 5.82 Å². The molecule has 8 heteroatoms. The first kappa shape index (κ1) is 17.4. The number of rotatable bonds is 6. The first-order valence-corrected chi connectivity index (χ1v) is 8.87. The van der Waals surface area contributed by atoms with E-state index in [1.165, 1.54) is 24.3 Å². The Morgan fingerprint density at radius 1 is 1.29 bits per heavy atom. The topological polar surface area (TPSA) is 109 Å². The molecule has 7 nitrogen and oxygen atoms in total. The zero-order chi connectivity index (χ0) is 17.6. The van der Waals surface area contributed by atoms with Gasteiger partial charge in [-0.25, -0.2) is 18.2 Å². The predicted octanol–water partition coefficient (Wildman–Crippen LogP) is 1.63. The lowest BCUT2D eigenvalue weighted by atomic mass is 10.2. The molecule has 0 atom stereocenters. The Morgan fingerprint density at radius 3 is 2.62 bits per heavy atom. The average molecular weight is 345 g/mol. The Bertz CT molecular complexity index is 871. The number of esters is 1. The van der Waals surface area contributed by atoms with Gasteiger partial charge in [-0.1, -0.05) is 0 Å². The summed E-state index contributed by atoms with van der Waals surface area (Å²) in [6, 6.07) is 10.8. The molecule has 0 aliphatic carbocycles. The van der Waals surface area contributed by atoms with Gasteiger partial charge in [0.15, 0.2) is 9.84 Å². The van der Waals surface area contributed by atoms with E-state index >= 15 is 0 Å². The number of sulfone groups is 1. The Kier molecular flexibility index (Phi) is 5.50. The van der Waals surface area contributed by atoms with Crippen LogP contribution >= 0.6 is 0 Å². The van der Waals surface area contributed by atoms with Crippen molar-refractivity contribution in [1.29, 1.82) is 5.26 Å². The Balaban J connectivity index is 1.86. The molecule has 0 bridgehead atoms. The van der Waals surface area contributed by atoms with Crippen molar-refractivity contribution in [1.82, 2.24) is 4.98 Å². The van der Waals surface area contributed by atoms with Crippen LogP contribution in [-0.2, 0) is 14.6 Å². The van der Waals surface area contributed by atoms with Gasteiger partial charge in [0.1, 0.15) is 18.5 Å². The Hall–Kier alpha value is -2.92. The summed E-state index contributed by atoms with van der Waals surface area (Å²) in [5.41, 5.74) is 0.665. The molecule has 0 unspecified atom stereocenters. The molecule has 0 aliphatic rings. The van der Waals surface area contributed by atoms with Gasteiger partial charge in [0.2, 0.25) is 0 Å². The minimum absolute atomic E-state index is 0.0775. The zero-order valence-corrected chi connectivity index (χ0v) is 13.7. The molecule has 0 radical (unpaired) electrons. The second kappa shape index (κ2) is 7.57. The van der Waals surface area contributed by atoms with Crippen molar-refractivity contribution in [2.45, 2.75) is 4.90 Å². The van der Waals surface area contributed by atoms with Crippen molar-refractivity contribution < 1.29 is 17.9 Å². The summed E-state index contributed by atoms with van der Waals surface area (Å²) in [6.45, 7) is 0.368. The van der Waals surface area contributed by atoms with Gasteiger partial charge in [-0.3, -0.25) is 0 Å². The molecule has 1 aromatic heterocycles. The fourth-order valence-electron chi connectivity index (χ4n) is 1.87. The van der Waals surface area contributed by atoms with Crippen LogP contribution < -0.4 is 5.32 Å². The maximum Gasteiger partial charge on any atom is 0.338 e. The van der Waals surface area contributed by atoms with Crippen molar-refractivity contribution in [3.63, 3.8) is 0 Å². The van der Waals surface area contributed by atoms with Gasteiger partial charge in [-0.15, -0.1) is 0 Å². The van der Waals surface area contributed by atoms with Crippen LogP contribution in [0.5, 0.6) is 0 Å². The summed E-state index contributed by atoms with van der Waals surface area (Å²) in [5.74, 6) is -0.132. The number of nitrogens with one attached hydrogen (secondary N) is 1. The quantitative estimate of drug-likeness (QED) is 0.626. The number of hydrogen-bond donors (Lipinski definition) is 1. The number of nitriles is 1. The molecule has 0 amide bonds. The molecule has 0 spiro atoms. The minimum Gasteiger partial charge on any atom is -0.460 e. The highest BCUT2D eigenvalue weighted by Crippen LogP contribution is 2.11. The lowest BCUT2D eigenvalue weighted by molar-refractivity contribution is 0.0520. The van der Waals surface area contributed by atoms with E-state index in [0.717, 1.165) is 6.26 Å². The molecule has 0 saturated carbocycles. The van der Waals surface area contributed by atoms with E-state index in [9.17, 15) is 13.2 Å². The van der Waals surface area contributed by atoms with Crippen molar-refractivity contribution in [2.24, 2.45) is 0 Å². The lowest BCUT2D eigenvalue weighted by Crippen LogP contribution is -2.15. The maximum absolute atomic E-state index is 11.9. The molecule has 1 N–H and O–H groups in total. The number of ether oxygens (including phenoxy) is 1. The van der Waals surface area contributed by atoms with Crippen molar-refractivity contribution in [3.8, 4) is 6.07 Å². The molecule has 2 aromatic rings. The van der Waals surface area contributed by atoms with Gasteiger partial charge in [0.25, 0.3) is 0 Å². The van der Waals surface area contributed by atoms with E-state index in [1.54, 1.807) is 18.3 Å². The molecule has 2 rings (SSSR count). The number of pyridine rings is 1. The van der Waals surface area contributed by atoms with Gasteiger partial charge >= 0.3 is 5.97 Å². The standard InChI is InChI=1S/C16H15N3O4S/c1-24(21,22)14-6-4-12(5-7-14)16(20)23-10-9-19-15-13(11-17)3-2-8-18-15/h2-8H,9-10H2,1H3,(H,18,19). The number of nitrogens with zero attached hydrogens (tertiary/aromatic N) is 2. The third-order valence-corrected chi connectivity index (χ3v) is 4.20. The summed E-state index contributed by atoms with van der Waals surface area (Å²) in [6.07, 6.45) is 2.65. The van der Waals surface area contributed by atoms with E-state index in [0.29, 0.717) is 17.9 Å². The smallest absolute Gasteiger partial charge is 0.338 e. The maximum atomic E-state index is 11.9. The highest BCUT2D eigenvalue weighted by Gasteiger charge is 2.11. The molecule has 124 valence electrons. The number of carbonyl (C=O) groups is 1. The highest BCUT2D eigenvalue weighted by molar-refractivity contribution is 7.90. The van der Waals surface area contributed by atoms with Gasteiger partial charge in [0.05, 0.1) is 22.6 Å². The van der Waals surface area contributed by atoms with E-state index in [-0.39, 0.29) is 17.1 Å². The van der Waals surface area contributed by atoms with Crippen LogP contribution in [-0.4, -0.2) is 38.8 Å². The van der Waals surface area contributed by atoms with Crippen LogP contribution in [0.3, 0.4) is 0 Å². The number of anilines is 1. The first-order valence-electron chi connectivity index (χ1n) is 6.98. The van der Waals surface area contributed by atoms with Crippen molar-refractivity contribution >= 4 is 21.6 Å². The fraction of sp³-hybridized carbons (Fsp3) is 0.188. The van der Waals surface area contributed by atoms with Crippen LogP contribution in [0.25, 0.3) is 0 Å². The molecule has 0 fully saturated rings. The summed E-state index contributed by atoms with van der Waals surface area (Å²) in [4.78, 5) is 16.0. The predicted molar refractivity (Wildman–Crippen MR) is 87.3 cm³/mol. The summed E-state index contributed by atoms with van der Waals surface area (Å²) < 4.78 is 27.8. The lowest BCUT2D eigenvalue weighted by Gasteiger charge is -2.08. The SMILES string of the molecule is CS(=O)(=O)c1ccc(C(=O)OCCNc2ncccc2C#N)cc1. The highest BCUT2D eigenvalue weighted by atomic mass is 32.2. The van der Waals surface area contributed by atoms with Crippen molar-refractivity contribution in [2.75, 3.05) is 24.7 Å². The Labute approximate surface area is 139 Å². The molecule has 1 heterocycles. The van der Waals surface area contributed by atoms with Crippen LogP contribution in [0.2, 0.25) is 0 Å². The molecule has 1 aromatic carbocycles. The van der Waals surface area contributed by atoms with Crippen molar-refractivity contribution in [3.05, 3.63) is 53.7 Å². The molecular formula is C16H15N3O4S. The summed E-state index contributed by atoms with van der Waals surface area (Å²) >= 11 is 0. The number of aromatic nitrogens is 1. The average Bonchev–Trinajstić information content (AvgIpc) is 2.58. The first-order chi connectivity index (χ1) is 11.4. The van der Waals surface area contributed by atoms with Crippen LogP contribution in [0, 0.1) is 11.3 Å². The molecule has 0 aliphatic heterocycles. The number of carbonyl (C=O) groups excluding carboxylic acids is 1. The largest absolute Gasteiger partial charge is 0.460 e. The third-order valence-electron chi connectivity index (χ3n) is 3.07. The van der Waals surface area contributed by atoms with Gasteiger partial charge in [-0.05, 0) is 36.4 Å². The van der Waals surface area contributed by atoms with Gasteiger partial charge in [-0.2, -0.15) is 5.26 Å². The number of benzene rings is 1. The normalized spacial score (nSPS) is 10.7. The van der Waals surface area contributed by atoms with Crippen LogP contribution in [0.1, 0.15) is 15.9 Å². The molecule has 0 saturated heterocycles. The summed E-state index contributed by atoms with van der Waals surface area (Å²) in [5, 5.41) is 11.8. The second-order valence-electron chi connectivity index (χ2n) is 4.87. The van der Waals surface area contributed by atoms with E-state index < -0.39 is 15.8 Å².